The van der Waals surface area contributed by atoms with Crippen LogP contribution in [0.4, 0.5) is 4.39 Å². The third-order valence-corrected chi connectivity index (χ3v) is 3.63. The van der Waals surface area contributed by atoms with Crippen molar-refractivity contribution in [2.24, 2.45) is 16.5 Å². The Hall–Kier alpha value is -3.15. The molecule has 1 amide bonds. The molecule has 24 heavy (non-hydrogen) atoms. The summed E-state index contributed by atoms with van der Waals surface area (Å²) < 4.78 is 20.0. The molecule has 122 valence electrons. The second-order valence-electron chi connectivity index (χ2n) is 5.44. The zero-order chi connectivity index (χ0) is 17.3. The number of rotatable bonds is 2. The number of carbonyl (C=O) groups excluding carboxylic acids is 1. The maximum absolute atomic E-state index is 14.2. The van der Waals surface area contributed by atoms with Crippen LogP contribution in [0, 0.1) is 5.82 Å². The summed E-state index contributed by atoms with van der Waals surface area (Å²) in [6.45, 7) is 1.86. The second kappa shape index (κ2) is 6.16. The lowest BCUT2D eigenvalue weighted by molar-refractivity contribution is 0.100. The minimum atomic E-state index is -0.565. The van der Waals surface area contributed by atoms with E-state index in [4.69, 9.17) is 16.2 Å². The van der Waals surface area contributed by atoms with Crippen LogP contribution in [-0.2, 0) is 0 Å². The molecule has 0 saturated heterocycles. The third kappa shape index (κ3) is 2.99. The van der Waals surface area contributed by atoms with Crippen molar-refractivity contribution in [2.75, 3.05) is 0 Å². The van der Waals surface area contributed by atoms with Gasteiger partial charge in [-0.2, -0.15) is 4.99 Å². The Bertz CT molecular complexity index is 870. The first kappa shape index (κ1) is 15.7. The summed E-state index contributed by atoms with van der Waals surface area (Å²) in [7, 11) is 0. The van der Waals surface area contributed by atoms with Gasteiger partial charge in [-0.1, -0.05) is 18.2 Å². The highest BCUT2D eigenvalue weighted by Crippen LogP contribution is 2.37. The summed E-state index contributed by atoms with van der Waals surface area (Å²) in [5, 5.41) is 0. The number of carbonyl (C=O) groups is 1. The van der Waals surface area contributed by atoms with Gasteiger partial charge in [0.1, 0.15) is 17.7 Å². The molecule has 4 N–H and O–H groups in total. The minimum absolute atomic E-state index is 0.216. The van der Waals surface area contributed by atoms with Crippen molar-refractivity contribution in [3.05, 3.63) is 71.0 Å². The van der Waals surface area contributed by atoms with E-state index in [0.717, 1.165) is 0 Å². The van der Waals surface area contributed by atoms with Gasteiger partial charge in [-0.05, 0) is 42.8 Å². The van der Waals surface area contributed by atoms with Crippen LogP contribution in [0.25, 0.3) is 5.57 Å². The van der Waals surface area contributed by atoms with E-state index in [9.17, 15) is 9.18 Å². The Labute approximate surface area is 138 Å². The molecule has 3 rings (SSSR count). The lowest BCUT2D eigenvalue weighted by Crippen LogP contribution is -2.24. The smallest absolute Gasteiger partial charge is 0.280 e. The molecule has 1 aliphatic rings. The molecule has 0 fully saturated rings. The Kier molecular flexibility index (Phi) is 4.04. The molecule has 1 aliphatic heterocycles. The molecule has 0 aromatic heterocycles. The average molecular weight is 325 g/mol. The van der Waals surface area contributed by atoms with Crippen LogP contribution >= 0.6 is 0 Å². The summed E-state index contributed by atoms with van der Waals surface area (Å²) >= 11 is 0. The fraction of sp³-hybridized carbons (Fsp3) is 0.111. The minimum Gasteiger partial charge on any atom is -0.486 e. The Morgan fingerprint density at radius 2 is 1.92 bits per heavy atom. The molecule has 0 radical (unpaired) electrons. The molecule has 0 spiro atoms. The van der Waals surface area contributed by atoms with E-state index < -0.39 is 5.91 Å². The van der Waals surface area contributed by atoms with Crippen molar-refractivity contribution in [2.45, 2.75) is 13.0 Å². The molecule has 0 saturated carbocycles. The second-order valence-corrected chi connectivity index (χ2v) is 5.44. The van der Waals surface area contributed by atoms with E-state index in [2.05, 4.69) is 4.99 Å². The SMILES string of the molecule is CC1C=C(c2ccccc2F)c2cc(C(=O)N=C(N)N)ccc2O1. The Morgan fingerprint density at radius 1 is 1.17 bits per heavy atom. The van der Waals surface area contributed by atoms with Gasteiger partial charge < -0.3 is 16.2 Å². The predicted octanol–water partition coefficient (Wildman–Crippen LogP) is 2.45. The molecule has 6 heteroatoms. The van der Waals surface area contributed by atoms with Crippen LogP contribution in [0.3, 0.4) is 0 Å². The van der Waals surface area contributed by atoms with Crippen LogP contribution in [0.5, 0.6) is 5.75 Å². The van der Waals surface area contributed by atoms with E-state index in [1.54, 1.807) is 36.4 Å². The standard InChI is InChI=1S/C18H16FN3O2/c1-10-8-13(12-4-2-3-5-15(12)19)14-9-11(6-7-16(14)24-10)17(23)22-18(20)21/h2-10H,1H3,(H4,20,21,22,23). The predicted molar refractivity (Wildman–Crippen MR) is 90.2 cm³/mol. The van der Waals surface area contributed by atoms with Gasteiger partial charge in [-0.25, -0.2) is 4.39 Å². The lowest BCUT2D eigenvalue weighted by Gasteiger charge is -2.24. The Balaban J connectivity index is 2.13. The lowest BCUT2D eigenvalue weighted by atomic mass is 9.92. The zero-order valence-corrected chi connectivity index (χ0v) is 13.0. The van der Waals surface area contributed by atoms with Gasteiger partial charge in [0.15, 0.2) is 5.96 Å². The van der Waals surface area contributed by atoms with E-state index in [1.165, 1.54) is 6.07 Å². The molecular weight excluding hydrogens is 309 g/mol. The first-order valence-electron chi connectivity index (χ1n) is 7.37. The monoisotopic (exact) mass is 325 g/mol. The number of fused-ring (bicyclic) bond motifs is 1. The topological polar surface area (TPSA) is 90.7 Å². The molecule has 0 aliphatic carbocycles. The molecule has 1 atom stereocenters. The maximum Gasteiger partial charge on any atom is 0.280 e. The average Bonchev–Trinajstić information content (AvgIpc) is 2.53. The van der Waals surface area contributed by atoms with Gasteiger partial charge >= 0.3 is 0 Å². The molecule has 2 aromatic rings. The first-order chi connectivity index (χ1) is 11.5. The first-order valence-corrected chi connectivity index (χ1v) is 7.37. The molecule has 1 heterocycles. The fourth-order valence-electron chi connectivity index (χ4n) is 2.63. The third-order valence-electron chi connectivity index (χ3n) is 3.63. The summed E-state index contributed by atoms with van der Waals surface area (Å²) in [4.78, 5) is 15.6. The van der Waals surface area contributed by atoms with Gasteiger partial charge in [-0.15, -0.1) is 0 Å². The largest absolute Gasteiger partial charge is 0.486 e. The van der Waals surface area contributed by atoms with Crippen LogP contribution < -0.4 is 16.2 Å². The van der Waals surface area contributed by atoms with E-state index in [1.807, 2.05) is 13.0 Å². The number of nitrogens with two attached hydrogens (primary N) is 2. The number of amides is 1. The van der Waals surface area contributed by atoms with Crippen LogP contribution in [-0.4, -0.2) is 18.0 Å². The maximum atomic E-state index is 14.2. The van der Waals surface area contributed by atoms with Crippen molar-refractivity contribution >= 4 is 17.4 Å². The van der Waals surface area contributed by atoms with Gasteiger partial charge in [0, 0.05) is 16.7 Å². The van der Waals surface area contributed by atoms with Crippen LogP contribution in [0.1, 0.15) is 28.4 Å². The van der Waals surface area contributed by atoms with Crippen molar-refractivity contribution in [3.8, 4) is 5.75 Å². The zero-order valence-electron chi connectivity index (χ0n) is 13.0. The number of hydrogen-bond acceptors (Lipinski definition) is 2. The summed E-state index contributed by atoms with van der Waals surface area (Å²) in [5.74, 6) is -0.647. The molecule has 1 unspecified atom stereocenters. The highest BCUT2D eigenvalue weighted by molar-refractivity contribution is 6.03. The van der Waals surface area contributed by atoms with Crippen molar-refractivity contribution in [1.82, 2.24) is 0 Å². The van der Waals surface area contributed by atoms with Crippen molar-refractivity contribution < 1.29 is 13.9 Å². The van der Waals surface area contributed by atoms with Crippen LogP contribution in [0.2, 0.25) is 0 Å². The number of guanidine groups is 1. The number of nitrogens with zero attached hydrogens (tertiary/aromatic N) is 1. The summed E-state index contributed by atoms with van der Waals surface area (Å²) in [5.41, 5.74) is 12.5. The van der Waals surface area contributed by atoms with Gasteiger partial charge in [0.2, 0.25) is 0 Å². The summed E-state index contributed by atoms with van der Waals surface area (Å²) in [6, 6.07) is 11.3. The number of halogens is 1. The quantitative estimate of drug-likeness (QED) is 0.655. The Morgan fingerprint density at radius 3 is 2.62 bits per heavy atom. The van der Waals surface area contributed by atoms with E-state index >= 15 is 0 Å². The molecular formula is C18H16FN3O2. The van der Waals surface area contributed by atoms with E-state index in [-0.39, 0.29) is 17.9 Å². The number of benzene rings is 2. The number of ether oxygens (including phenoxy) is 1. The highest BCUT2D eigenvalue weighted by atomic mass is 19.1. The van der Waals surface area contributed by atoms with Gasteiger partial charge in [-0.3, -0.25) is 4.79 Å². The molecule has 0 bridgehead atoms. The highest BCUT2D eigenvalue weighted by Gasteiger charge is 2.22. The summed E-state index contributed by atoms with van der Waals surface area (Å²) in [6.07, 6.45) is 1.60. The fourth-order valence-corrected chi connectivity index (χ4v) is 2.63. The van der Waals surface area contributed by atoms with Crippen molar-refractivity contribution in [3.63, 3.8) is 0 Å². The number of aliphatic imine (C=N–C) groups is 1. The van der Waals surface area contributed by atoms with E-state index in [0.29, 0.717) is 28.0 Å². The normalized spacial score (nSPS) is 15.8. The molecule has 5 nitrogen and oxygen atoms in total. The van der Waals surface area contributed by atoms with Crippen molar-refractivity contribution in [1.29, 1.82) is 0 Å². The molecule has 2 aromatic carbocycles. The number of hydrogen-bond donors (Lipinski definition) is 2. The van der Waals surface area contributed by atoms with Gasteiger partial charge in [0.25, 0.3) is 5.91 Å². The van der Waals surface area contributed by atoms with Crippen LogP contribution in [0.15, 0.2) is 53.5 Å². The van der Waals surface area contributed by atoms with Gasteiger partial charge in [0.05, 0.1) is 0 Å².